The van der Waals surface area contributed by atoms with Crippen molar-refractivity contribution in [2.45, 2.75) is 19.2 Å². The standard InChI is InChI=1S/C16H20F3N3O3/c17-16(18,19)25-13-5-3-11(4-6-13)15(24)22-9-1-2-12(10-22)14(23)21-8-7-20/h3-6,12H,1-2,7-10,20H2,(H,21,23). The third kappa shape index (κ3) is 5.63. The first-order valence-electron chi connectivity index (χ1n) is 7.93. The van der Waals surface area contributed by atoms with Gasteiger partial charge in [0, 0.05) is 31.7 Å². The molecule has 0 bridgehead atoms. The fraction of sp³-hybridized carbons (Fsp3) is 0.500. The minimum atomic E-state index is -4.78. The Kier molecular flexibility index (Phi) is 6.24. The Morgan fingerprint density at radius 3 is 2.56 bits per heavy atom. The van der Waals surface area contributed by atoms with Crippen LogP contribution in [0.25, 0.3) is 0 Å². The molecule has 1 heterocycles. The van der Waals surface area contributed by atoms with E-state index >= 15 is 0 Å². The van der Waals surface area contributed by atoms with E-state index in [1.54, 1.807) is 0 Å². The molecule has 0 aromatic heterocycles. The Morgan fingerprint density at radius 2 is 1.96 bits per heavy atom. The Morgan fingerprint density at radius 1 is 1.28 bits per heavy atom. The van der Waals surface area contributed by atoms with Crippen LogP contribution in [0.2, 0.25) is 0 Å². The van der Waals surface area contributed by atoms with Crippen LogP contribution in [0.1, 0.15) is 23.2 Å². The Balaban J connectivity index is 1.98. The smallest absolute Gasteiger partial charge is 0.406 e. The quantitative estimate of drug-likeness (QED) is 0.835. The van der Waals surface area contributed by atoms with Gasteiger partial charge in [0.1, 0.15) is 5.75 Å². The summed E-state index contributed by atoms with van der Waals surface area (Å²) in [6.45, 7) is 1.49. The molecule has 2 amide bonds. The van der Waals surface area contributed by atoms with Crippen LogP contribution in [0.4, 0.5) is 13.2 Å². The Bertz CT molecular complexity index is 605. The number of benzene rings is 1. The summed E-state index contributed by atoms with van der Waals surface area (Å²) in [5, 5.41) is 2.71. The summed E-state index contributed by atoms with van der Waals surface area (Å²) in [5.74, 6) is -1.16. The predicted octanol–water partition coefficient (Wildman–Crippen LogP) is 1.51. The second kappa shape index (κ2) is 8.19. The summed E-state index contributed by atoms with van der Waals surface area (Å²) in [5.41, 5.74) is 5.60. The average Bonchev–Trinajstić information content (AvgIpc) is 2.58. The first kappa shape index (κ1) is 19.0. The van der Waals surface area contributed by atoms with Gasteiger partial charge in [-0.2, -0.15) is 0 Å². The maximum Gasteiger partial charge on any atom is 0.573 e. The number of nitrogens with zero attached hydrogens (tertiary/aromatic N) is 1. The van der Waals surface area contributed by atoms with Crippen LogP contribution in [0, 0.1) is 5.92 Å². The van der Waals surface area contributed by atoms with E-state index in [4.69, 9.17) is 5.73 Å². The van der Waals surface area contributed by atoms with Gasteiger partial charge < -0.3 is 20.7 Å². The number of likely N-dealkylation sites (tertiary alicyclic amines) is 1. The lowest BCUT2D eigenvalue weighted by Gasteiger charge is -2.32. The second-order valence-corrected chi connectivity index (χ2v) is 5.74. The Hall–Kier alpha value is -2.29. The van der Waals surface area contributed by atoms with E-state index in [1.807, 2.05) is 0 Å². The minimum absolute atomic E-state index is 0.142. The van der Waals surface area contributed by atoms with Gasteiger partial charge in [-0.25, -0.2) is 0 Å². The summed E-state index contributed by atoms with van der Waals surface area (Å²) in [4.78, 5) is 26.0. The molecule has 6 nitrogen and oxygen atoms in total. The molecule has 2 rings (SSSR count). The van der Waals surface area contributed by atoms with Crippen molar-refractivity contribution in [1.82, 2.24) is 10.2 Å². The van der Waals surface area contributed by atoms with E-state index in [-0.39, 0.29) is 35.6 Å². The summed E-state index contributed by atoms with van der Waals surface area (Å²) in [7, 11) is 0. The first-order chi connectivity index (χ1) is 11.8. The number of ether oxygens (including phenoxy) is 1. The number of hydrogen-bond acceptors (Lipinski definition) is 4. The van der Waals surface area contributed by atoms with Crippen LogP contribution in [-0.4, -0.2) is 49.3 Å². The largest absolute Gasteiger partial charge is 0.573 e. The second-order valence-electron chi connectivity index (χ2n) is 5.74. The summed E-state index contributed by atoms with van der Waals surface area (Å²) < 4.78 is 40.2. The van der Waals surface area contributed by atoms with Crippen LogP contribution < -0.4 is 15.8 Å². The predicted molar refractivity (Wildman–Crippen MR) is 83.8 cm³/mol. The van der Waals surface area contributed by atoms with Gasteiger partial charge in [-0.1, -0.05) is 0 Å². The number of carbonyl (C=O) groups excluding carboxylic acids is 2. The maximum absolute atomic E-state index is 12.5. The minimum Gasteiger partial charge on any atom is -0.406 e. The molecule has 1 aromatic carbocycles. The average molecular weight is 359 g/mol. The number of alkyl halides is 3. The van der Waals surface area contributed by atoms with Gasteiger partial charge in [-0.15, -0.1) is 13.2 Å². The fourth-order valence-corrected chi connectivity index (χ4v) is 2.70. The number of piperidine rings is 1. The lowest BCUT2D eigenvalue weighted by atomic mass is 9.96. The monoisotopic (exact) mass is 359 g/mol. The van der Waals surface area contributed by atoms with Gasteiger partial charge in [0.25, 0.3) is 5.91 Å². The molecule has 25 heavy (non-hydrogen) atoms. The van der Waals surface area contributed by atoms with Gasteiger partial charge in [-0.05, 0) is 37.1 Å². The van der Waals surface area contributed by atoms with Crippen molar-refractivity contribution in [3.8, 4) is 5.75 Å². The highest BCUT2D eigenvalue weighted by Crippen LogP contribution is 2.24. The molecule has 0 spiro atoms. The third-order valence-corrected chi connectivity index (χ3v) is 3.86. The molecule has 0 radical (unpaired) electrons. The SMILES string of the molecule is NCCNC(=O)C1CCCN(C(=O)c2ccc(OC(F)(F)F)cc2)C1. The normalized spacial score (nSPS) is 17.9. The van der Waals surface area contributed by atoms with Gasteiger partial charge in [0.15, 0.2) is 0 Å². The molecule has 138 valence electrons. The molecule has 3 N–H and O–H groups in total. The van der Waals surface area contributed by atoms with Crippen LogP contribution in [-0.2, 0) is 4.79 Å². The Labute approximate surface area is 143 Å². The zero-order valence-corrected chi connectivity index (χ0v) is 13.5. The van der Waals surface area contributed by atoms with Crippen molar-refractivity contribution >= 4 is 11.8 Å². The number of hydrogen-bond donors (Lipinski definition) is 2. The first-order valence-corrected chi connectivity index (χ1v) is 7.93. The zero-order valence-electron chi connectivity index (χ0n) is 13.5. The van der Waals surface area contributed by atoms with E-state index in [9.17, 15) is 22.8 Å². The highest BCUT2D eigenvalue weighted by atomic mass is 19.4. The third-order valence-electron chi connectivity index (χ3n) is 3.86. The van der Waals surface area contributed by atoms with Crippen molar-refractivity contribution in [2.75, 3.05) is 26.2 Å². The molecule has 1 aliphatic heterocycles. The van der Waals surface area contributed by atoms with Gasteiger partial charge in [-0.3, -0.25) is 9.59 Å². The van der Waals surface area contributed by atoms with Crippen molar-refractivity contribution in [3.63, 3.8) is 0 Å². The number of rotatable bonds is 5. The summed E-state index contributed by atoms with van der Waals surface area (Å²) in [6.07, 6.45) is -3.41. The van der Waals surface area contributed by atoms with Crippen LogP contribution >= 0.6 is 0 Å². The van der Waals surface area contributed by atoms with E-state index in [1.165, 1.54) is 17.0 Å². The van der Waals surface area contributed by atoms with E-state index in [2.05, 4.69) is 10.1 Å². The van der Waals surface area contributed by atoms with Crippen LogP contribution in [0.3, 0.4) is 0 Å². The molecule has 1 aliphatic rings. The maximum atomic E-state index is 12.5. The molecule has 0 saturated carbocycles. The number of carbonyl (C=O) groups is 2. The van der Waals surface area contributed by atoms with Crippen LogP contribution in [0.5, 0.6) is 5.75 Å². The van der Waals surface area contributed by atoms with E-state index in [0.29, 0.717) is 32.5 Å². The van der Waals surface area contributed by atoms with Crippen molar-refractivity contribution in [1.29, 1.82) is 0 Å². The highest BCUT2D eigenvalue weighted by Gasteiger charge is 2.31. The summed E-state index contributed by atoms with van der Waals surface area (Å²) in [6, 6.07) is 4.75. The number of nitrogens with one attached hydrogen (secondary N) is 1. The zero-order chi connectivity index (χ0) is 18.4. The number of amides is 2. The number of halogens is 3. The fourth-order valence-electron chi connectivity index (χ4n) is 2.70. The molecule has 1 unspecified atom stereocenters. The van der Waals surface area contributed by atoms with Crippen molar-refractivity contribution < 1.29 is 27.5 Å². The molecule has 1 atom stereocenters. The number of nitrogens with two attached hydrogens (primary N) is 1. The van der Waals surface area contributed by atoms with E-state index in [0.717, 1.165) is 12.1 Å². The van der Waals surface area contributed by atoms with Gasteiger partial charge in [0.05, 0.1) is 5.92 Å². The molecular weight excluding hydrogens is 339 g/mol. The topological polar surface area (TPSA) is 84.7 Å². The molecule has 0 aliphatic carbocycles. The highest BCUT2D eigenvalue weighted by molar-refractivity contribution is 5.94. The molecular formula is C16H20F3N3O3. The lowest BCUT2D eigenvalue weighted by Crippen LogP contribution is -2.46. The van der Waals surface area contributed by atoms with Gasteiger partial charge in [0.2, 0.25) is 5.91 Å². The van der Waals surface area contributed by atoms with Gasteiger partial charge >= 0.3 is 6.36 Å². The molecule has 9 heteroatoms. The molecule has 1 aromatic rings. The van der Waals surface area contributed by atoms with Crippen LogP contribution in [0.15, 0.2) is 24.3 Å². The van der Waals surface area contributed by atoms with Crippen molar-refractivity contribution in [3.05, 3.63) is 29.8 Å². The molecule has 1 saturated heterocycles. The molecule has 1 fully saturated rings. The summed E-state index contributed by atoms with van der Waals surface area (Å²) >= 11 is 0. The van der Waals surface area contributed by atoms with E-state index < -0.39 is 6.36 Å². The lowest BCUT2D eigenvalue weighted by molar-refractivity contribution is -0.274. The van der Waals surface area contributed by atoms with Crippen molar-refractivity contribution in [2.24, 2.45) is 11.7 Å².